The Hall–Kier alpha value is -2.74. The molecule has 0 saturated carbocycles. The van der Waals surface area contributed by atoms with Gasteiger partial charge < -0.3 is 4.90 Å². The molecule has 0 N–H and O–H groups in total. The highest BCUT2D eigenvalue weighted by molar-refractivity contribution is 6.39. The Kier molecular flexibility index (Phi) is 4.35. The summed E-state index contributed by atoms with van der Waals surface area (Å²) in [5.74, 6) is 0. The average molecular weight is 402 g/mol. The summed E-state index contributed by atoms with van der Waals surface area (Å²) in [7, 11) is 0. The summed E-state index contributed by atoms with van der Waals surface area (Å²) in [6.45, 7) is 0. The van der Waals surface area contributed by atoms with Crippen LogP contribution in [0.4, 0.5) is 17.1 Å². The third kappa shape index (κ3) is 2.79. The first-order valence-electron chi connectivity index (χ1n) is 9.23. The van der Waals surface area contributed by atoms with Crippen LogP contribution in [0.5, 0.6) is 0 Å². The van der Waals surface area contributed by atoms with Crippen LogP contribution in [0.1, 0.15) is 11.1 Å². The molecule has 0 radical (unpaired) electrons. The Morgan fingerprint density at radius 3 is 2.04 bits per heavy atom. The molecule has 0 heterocycles. The fourth-order valence-corrected chi connectivity index (χ4v) is 4.58. The number of rotatable bonds is 3. The van der Waals surface area contributed by atoms with E-state index in [1.54, 1.807) is 0 Å². The highest BCUT2D eigenvalue weighted by atomic mass is 35.5. The van der Waals surface area contributed by atoms with E-state index in [9.17, 15) is 0 Å². The fraction of sp³-hybridized carbons (Fsp3) is 0.0400. The molecule has 3 heteroatoms. The maximum Gasteiger partial charge on any atom is 0.0835 e. The Morgan fingerprint density at radius 1 is 0.607 bits per heavy atom. The molecule has 4 aromatic carbocycles. The van der Waals surface area contributed by atoms with E-state index in [-0.39, 0.29) is 0 Å². The van der Waals surface area contributed by atoms with Gasteiger partial charge >= 0.3 is 0 Å². The van der Waals surface area contributed by atoms with Crippen LogP contribution in [0.2, 0.25) is 10.0 Å². The lowest BCUT2D eigenvalue weighted by atomic mass is 10.0. The van der Waals surface area contributed by atoms with E-state index in [0.29, 0.717) is 10.0 Å². The molecule has 0 amide bonds. The van der Waals surface area contributed by atoms with Crippen molar-refractivity contribution in [3.05, 3.63) is 112 Å². The number of halogens is 2. The summed E-state index contributed by atoms with van der Waals surface area (Å²) in [5.41, 5.74) is 8.17. The lowest BCUT2D eigenvalue weighted by Crippen LogP contribution is -2.13. The van der Waals surface area contributed by atoms with E-state index in [1.807, 2.05) is 36.4 Å². The van der Waals surface area contributed by atoms with Gasteiger partial charge in [-0.15, -0.1) is 0 Å². The SMILES string of the molecule is Clc1cccc(Cl)c1N(c1ccccc1)c1cccc2c1Cc1ccccc1-2. The van der Waals surface area contributed by atoms with Gasteiger partial charge in [-0.3, -0.25) is 0 Å². The van der Waals surface area contributed by atoms with E-state index in [0.717, 1.165) is 23.5 Å². The van der Waals surface area contributed by atoms with E-state index in [1.165, 1.54) is 22.3 Å². The van der Waals surface area contributed by atoms with Gasteiger partial charge in [0.15, 0.2) is 0 Å². The van der Waals surface area contributed by atoms with Gasteiger partial charge in [0, 0.05) is 12.1 Å². The van der Waals surface area contributed by atoms with Crippen molar-refractivity contribution in [2.24, 2.45) is 0 Å². The number of fused-ring (bicyclic) bond motifs is 3. The molecule has 0 atom stereocenters. The van der Waals surface area contributed by atoms with Crippen LogP contribution in [0.3, 0.4) is 0 Å². The van der Waals surface area contributed by atoms with Gasteiger partial charge in [-0.1, -0.05) is 83.9 Å². The number of hydrogen-bond acceptors (Lipinski definition) is 1. The summed E-state index contributed by atoms with van der Waals surface area (Å²) in [5, 5.41) is 1.26. The zero-order valence-corrected chi connectivity index (χ0v) is 16.6. The van der Waals surface area contributed by atoms with Crippen LogP contribution in [-0.2, 0) is 6.42 Å². The topological polar surface area (TPSA) is 3.24 Å². The molecule has 1 aliphatic carbocycles. The minimum absolute atomic E-state index is 0.629. The number of anilines is 3. The lowest BCUT2D eigenvalue weighted by Gasteiger charge is -2.29. The van der Waals surface area contributed by atoms with Crippen LogP contribution in [-0.4, -0.2) is 0 Å². The Bertz CT molecular complexity index is 1150. The van der Waals surface area contributed by atoms with Gasteiger partial charge in [-0.25, -0.2) is 0 Å². The molecule has 0 spiro atoms. The third-order valence-electron chi connectivity index (χ3n) is 5.24. The Labute approximate surface area is 174 Å². The average Bonchev–Trinajstić information content (AvgIpc) is 3.11. The number of para-hydroxylation sites is 2. The van der Waals surface area contributed by atoms with Crippen molar-refractivity contribution in [2.75, 3.05) is 4.90 Å². The molecule has 0 unspecified atom stereocenters. The molecule has 0 aliphatic heterocycles. The van der Waals surface area contributed by atoms with Crippen molar-refractivity contribution in [2.45, 2.75) is 6.42 Å². The van der Waals surface area contributed by atoms with E-state index in [2.05, 4.69) is 59.5 Å². The molecule has 28 heavy (non-hydrogen) atoms. The molecular formula is C25H17Cl2N. The zero-order valence-electron chi connectivity index (χ0n) is 15.1. The molecule has 1 aliphatic rings. The number of nitrogens with zero attached hydrogens (tertiary/aromatic N) is 1. The highest BCUT2D eigenvalue weighted by Gasteiger charge is 2.26. The van der Waals surface area contributed by atoms with Crippen LogP contribution in [0, 0.1) is 0 Å². The van der Waals surface area contributed by atoms with Gasteiger partial charge in [-0.05, 0) is 52.6 Å². The van der Waals surface area contributed by atoms with Crippen molar-refractivity contribution >= 4 is 40.3 Å². The summed E-state index contributed by atoms with van der Waals surface area (Å²) in [4.78, 5) is 2.18. The number of hydrogen-bond donors (Lipinski definition) is 0. The van der Waals surface area contributed by atoms with E-state index in [4.69, 9.17) is 23.2 Å². The first-order valence-corrected chi connectivity index (χ1v) is 9.99. The van der Waals surface area contributed by atoms with Crippen LogP contribution in [0.15, 0.2) is 91.0 Å². The first-order chi connectivity index (χ1) is 13.7. The van der Waals surface area contributed by atoms with Crippen molar-refractivity contribution in [1.29, 1.82) is 0 Å². The lowest BCUT2D eigenvalue weighted by molar-refractivity contribution is 1.20. The standard InChI is InChI=1S/C25H17Cl2N/c26-22-13-7-14-23(27)25(22)28(18-9-2-1-3-10-18)24-15-6-12-20-19-11-5-4-8-17(19)16-21(20)24/h1-15H,16H2. The van der Waals surface area contributed by atoms with E-state index >= 15 is 0 Å². The maximum absolute atomic E-state index is 6.64. The zero-order chi connectivity index (χ0) is 19.1. The van der Waals surface area contributed by atoms with Crippen LogP contribution in [0.25, 0.3) is 11.1 Å². The largest absolute Gasteiger partial charge is 0.307 e. The van der Waals surface area contributed by atoms with Gasteiger partial charge in [0.25, 0.3) is 0 Å². The summed E-state index contributed by atoms with van der Waals surface area (Å²) in [6, 6.07) is 30.9. The third-order valence-corrected chi connectivity index (χ3v) is 5.85. The molecule has 0 fully saturated rings. The maximum atomic E-state index is 6.64. The van der Waals surface area contributed by atoms with Gasteiger partial charge in [-0.2, -0.15) is 0 Å². The van der Waals surface area contributed by atoms with Gasteiger partial charge in [0.05, 0.1) is 21.4 Å². The van der Waals surface area contributed by atoms with Gasteiger partial charge in [0.1, 0.15) is 0 Å². The van der Waals surface area contributed by atoms with Crippen LogP contribution < -0.4 is 4.90 Å². The predicted molar refractivity (Wildman–Crippen MR) is 119 cm³/mol. The molecule has 0 saturated heterocycles. The Balaban J connectivity index is 1.77. The molecule has 4 aromatic rings. The molecular weight excluding hydrogens is 385 g/mol. The first kappa shape index (κ1) is 17.4. The minimum atomic E-state index is 0.629. The summed E-state index contributed by atoms with van der Waals surface area (Å²) >= 11 is 13.3. The predicted octanol–water partition coefficient (Wildman–Crippen LogP) is 8.03. The van der Waals surface area contributed by atoms with Gasteiger partial charge in [0.2, 0.25) is 0 Å². The smallest absolute Gasteiger partial charge is 0.0835 e. The highest BCUT2D eigenvalue weighted by Crippen LogP contribution is 2.48. The second kappa shape index (κ2) is 7.01. The molecule has 1 nitrogen and oxygen atoms in total. The monoisotopic (exact) mass is 401 g/mol. The van der Waals surface area contributed by atoms with E-state index < -0.39 is 0 Å². The van der Waals surface area contributed by atoms with Crippen molar-refractivity contribution in [3.63, 3.8) is 0 Å². The quantitative estimate of drug-likeness (QED) is 0.295. The second-order valence-electron chi connectivity index (χ2n) is 6.88. The van der Waals surface area contributed by atoms with Crippen molar-refractivity contribution < 1.29 is 0 Å². The normalized spacial score (nSPS) is 11.8. The fourth-order valence-electron chi connectivity index (χ4n) is 4.02. The Morgan fingerprint density at radius 2 is 1.25 bits per heavy atom. The minimum Gasteiger partial charge on any atom is -0.307 e. The molecule has 0 aromatic heterocycles. The molecule has 0 bridgehead atoms. The molecule has 136 valence electrons. The summed E-state index contributed by atoms with van der Waals surface area (Å²) < 4.78 is 0. The van der Waals surface area contributed by atoms with Crippen molar-refractivity contribution in [1.82, 2.24) is 0 Å². The number of benzene rings is 4. The van der Waals surface area contributed by atoms with Crippen LogP contribution >= 0.6 is 23.2 Å². The second-order valence-corrected chi connectivity index (χ2v) is 7.69. The summed E-state index contributed by atoms with van der Waals surface area (Å²) in [6.07, 6.45) is 0.896. The molecule has 5 rings (SSSR count). The van der Waals surface area contributed by atoms with Crippen molar-refractivity contribution in [3.8, 4) is 11.1 Å².